The summed E-state index contributed by atoms with van der Waals surface area (Å²) in [5, 5.41) is 3.19. The van der Waals surface area contributed by atoms with Gasteiger partial charge in [-0.25, -0.2) is 0 Å². The second-order valence-corrected chi connectivity index (χ2v) is 5.70. The predicted molar refractivity (Wildman–Crippen MR) is 81.2 cm³/mol. The lowest BCUT2D eigenvalue weighted by Gasteiger charge is -2.23. The SMILES string of the molecule is C=CCCCCCCCC(=O)OCCC(C)(C)NC. The Kier molecular flexibility index (Phi) is 10.6. The maximum atomic E-state index is 11.5. The van der Waals surface area contributed by atoms with Crippen molar-refractivity contribution in [2.24, 2.45) is 0 Å². The monoisotopic (exact) mass is 269 g/mol. The fourth-order valence-electron chi connectivity index (χ4n) is 1.71. The summed E-state index contributed by atoms with van der Waals surface area (Å²) in [5.74, 6) is -0.0574. The number of esters is 1. The van der Waals surface area contributed by atoms with Gasteiger partial charge in [0.2, 0.25) is 0 Å². The Morgan fingerprint density at radius 3 is 2.47 bits per heavy atom. The molecular weight excluding hydrogens is 238 g/mol. The van der Waals surface area contributed by atoms with E-state index in [2.05, 4.69) is 25.7 Å². The van der Waals surface area contributed by atoms with E-state index in [4.69, 9.17) is 4.74 Å². The highest BCUT2D eigenvalue weighted by Crippen LogP contribution is 2.10. The number of carbonyl (C=O) groups excluding carboxylic acids is 1. The lowest BCUT2D eigenvalue weighted by molar-refractivity contribution is -0.144. The summed E-state index contributed by atoms with van der Waals surface area (Å²) in [6.45, 7) is 8.41. The number of rotatable bonds is 12. The van der Waals surface area contributed by atoms with Gasteiger partial charge in [0.15, 0.2) is 0 Å². The zero-order chi connectivity index (χ0) is 14.6. The van der Waals surface area contributed by atoms with Crippen molar-refractivity contribution in [3.63, 3.8) is 0 Å². The molecule has 0 atom stereocenters. The summed E-state index contributed by atoms with van der Waals surface area (Å²) in [7, 11) is 1.92. The molecule has 0 unspecified atom stereocenters. The second-order valence-electron chi connectivity index (χ2n) is 5.70. The Labute approximate surface area is 118 Å². The lowest BCUT2D eigenvalue weighted by Crippen LogP contribution is -2.37. The molecule has 0 aromatic carbocycles. The minimum atomic E-state index is -0.0574. The Bertz CT molecular complexity index is 249. The molecule has 0 bridgehead atoms. The molecule has 19 heavy (non-hydrogen) atoms. The van der Waals surface area contributed by atoms with Crippen molar-refractivity contribution in [2.45, 2.75) is 70.8 Å². The van der Waals surface area contributed by atoms with Crippen molar-refractivity contribution in [1.82, 2.24) is 5.32 Å². The van der Waals surface area contributed by atoms with Crippen molar-refractivity contribution in [3.05, 3.63) is 12.7 Å². The fourth-order valence-corrected chi connectivity index (χ4v) is 1.71. The van der Waals surface area contributed by atoms with E-state index in [9.17, 15) is 4.79 Å². The van der Waals surface area contributed by atoms with Crippen LogP contribution in [0.25, 0.3) is 0 Å². The number of carbonyl (C=O) groups is 1. The number of allylic oxidation sites excluding steroid dienone is 1. The van der Waals surface area contributed by atoms with Gasteiger partial charge >= 0.3 is 5.97 Å². The molecule has 0 rings (SSSR count). The van der Waals surface area contributed by atoms with E-state index in [-0.39, 0.29) is 11.5 Å². The highest BCUT2D eigenvalue weighted by Gasteiger charge is 2.15. The van der Waals surface area contributed by atoms with Gasteiger partial charge in [0.1, 0.15) is 0 Å². The van der Waals surface area contributed by atoms with E-state index in [1.165, 1.54) is 19.3 Å². The highest BCUT2D eigenvalue weighted by molar-refractivity contribution is 5.69. The van der Waals surface area contributed by atoms with Gasteiger partial charge in [0.25, 0.3) is 0 Å². The number of unbranched alkanes of at least 4 members (excludes halogenated alkanes) is 5. The lowest BCUT2D eigenvalue weighted by atomic mass is 10.0. The molecule has 1 N–H and O–H groups in total. The Morgan fingerprint density at radius 2 is 1.84 bits per heavy atom. The molecule has 3 nitrogen and oxygen atoms in total. The van der Waals surface area contributed by atoms with Crippen molar-refractivity contribution in [3.8, 4) is 0 Å². The Morgan fingerprint density at radius 1 is 1.21 bits per heavy atom. The molecule has 0 saturated carbocycles. The van der Waals surface area contributed by atoms with E-state index in [1.54, 1.807) is 0 Å². The molecule has 0 saturated heterocycles. The smallest absolute Gasteiger partial charge is 0.305 e. The van der Waals surface area contributed by atoms with Gasteiger partial charge in [0.05, 0.1) is 6.61 Å². The molecule has 0 amide bonds. The molecule has 3 heteroatoms. The van der Waals surface area contributed by atoms with Gasteiger partial charge in [-0.2, -0.15) is 0 Å². The molecule has 0 spiro atoms. The normalized spacial score (nSPS) is 11.3. The van der Waals surface area contributed by atoms with E-state index in [0.29, 0.717) is 13.0 Å². The third-order valence-electron chi connectivity index (χ3n) is 3.46. The first kappa shape index (κ1) is 18.2. The first-order valence-electron chi connectivity index (χ1n) is 7.47. The van der Waals surface area contributed by atoms with Crippen LogP contribution in [0.1, 0.15) is 65.2 Å². The van der Waals surface area contributed by atoms with Crippen molar-refractivity contribution in [1.29, 1.82) is 0 Å². The van der Waals surface area contributed by atoms with E-state index >= 15 is 0 Å². The first-order chi connectivity index (χ1) is 9.02. The summed E-state index contributed by atoms with van der Waals surface area (Å²) in [6.07, 6.45) is 10.2. The largest absolute Gasteiger partial charge is 0.466 e. The molecule has 0 fully saturated rings. The minimum Gasteiger partial charge on any atom is -0.466 e. The van der Waals surface area contributed by atoms with Crippen LogP contribution >= 0.6 is 0 Å². The predicted octanol–water partition coefficient (Wildman–Crippen LogP) is 3.83. The van der Waals surface area contributed by atoms with Crippen molar-refractivity contribution >= 4 is 5.97 Å². The first-order valence-corrected chi connectivity index (χ1v) is 7.47. The van der Waals surface area contributed by atoms with Crippen LogP contribution < -0.4 is 5.32 Å². The van der Waals surface area contributed by atoms with Crippen LogP contribution in [0.5, 0.6) is 0 Å². The van der Waals surface area contributed by atoms with Crippen LogP contribution in [0.3, 0.4) is 0 Å². The molecule has 0 heterocycles. The van der Waals surface area contributed by atoms with E-state index < -0.39 is 0 Å². The number of hydrogen-bond acceptors (Lipinski definition) is 3. The quantitative estimate of drug-likeness (QED) is 0.332. The van der Waals surface area contributed by atoms with Gasteiger partial charge in [-0.05, 0) is 46.6 Å². The molecule has 0 aromatic rings. The number of nitrogens with one attached hydrogen (secondary N) is 1. The van der Waals surface area contributed by atoms with Gasteiger partial charge in [0, 0.05) is 12.0 Å². The van der Waals surface area contributed by atoms with Gasteiger partial charge in [-0.1, -0.05) is 25.3 Å². The molecule has 0 aliphatic carbocycles. The molecule has 0 radical (unpaired) electrons. The third kappa shape index (κ3) is 12.0. The Balaban J connectivity index is 3.37. The highest BCUT2D eigenvalue weighted by atomic mass is 16.5. The molecule has 0 aliphatic heterocycles. The second kappa shape index (κ2) is 11.0. The number of ether oxygens (including phenoxy) is 1. The van der Waals surface area contributed by atoms with Gasteiger partial charge < -0.3 is 10.1 Å². The van der Waals surface area contributed by atoms with Gasteiger partial charge in [-0.15, -0.1) is 6.58 Å². The number of hydrogen-bond donors (Lipinski definition) is 1. The third-order valence-corrected chi connectivity index (χ3v) is 3.46. The van der Waals surface area contributed by atoms with Crippen LogP contribution in [0.4, 0.5) is 0 Å². The van der Waals surface area contributed by atoms with Crippen LogP contribution in [-0.2, 0) is 9.53 Å². The maximum Gasteiger partial charge on any atom is 0.305 e. The van der Waals surface area contributed by atoms with Crippen molar-refractivity contribution in [2.75, 3.05) is 13.7 Å². The topological polar surface area (TPSA) is 38.3 Å². The molecule has 112 valence electrons. The zero-order valence-corrected chi connectivity index (χ0v) is 13.0. The van der Waals surface area contributed by atoms with Crippen LogP contribution in [0, 0.1) is 0 Å². The summed E-state index contributed by atoms with van der Waals surface area (Å²) in [4.78, 5) is 11.5. The Hall–Kier alpha value is -0.830. The average molecular weight is 269 g/mol. The zero-order valence-electron chi connectivity index (χ0n) is 13.0. The standard InChI is InChI=1S/C16H31NO2/c1-5-6-7-8-9-10-11-12-15(18)19-14-13-16(2,3)17-4/h5,17H,1,6-14H2,2-4H3. The van der Waals surface area contributed by atoms with E-state index in [1.807, 2.05) is 13.1 Å². The fraction of sp³-hybridized carbons (Fsp3) is 0.812. The molecule has 0 aliphatic rings. The van der Waals surface area contributed by atoms with Crippen molar-refractivity contribution < 1.29 is 9.53 Å². The maximum absolute atomic E-state index is 11.5. The van der Waals surface area contributed by atoms with Gasteiger partial charge in [-0.3, -0.25) is 4.79 Å². The van der Waals surface area contributed by atoms with Crippen LogP contribution in [-0.4, -0.2) is 25.2 Å². The van der Waals surface area contributed by atoms with E-state index in [0.717, 1.165) is 25.7 Å². The summed E-state index contributed by atoms with van der Waals surface area (Å²) in [5.41, 5.74) is 0.0332. The van der Waals surface area contributed by atoms with Crippen LogP contribution in [0.2, 0.25) is 0 Å². The summed E-state index contributed by atoms with van der Waals surface area (Å²) in [6, 6.07) is 0. The summed E-state index contributed by atoms with van der Waals surface area (Å²) < 4.78 is 5.23. The summed E-state index contributed by atoms with van der Waals surface area (Å²) >= 11 is 0. The average Bonchev–Trinajstić information content (AvgIpc) is 2.37. The minimum absolute atomic E-state index is 0.0332. The molecular formula is C16H31NO2. The van der Waals surface area contributed by atoms with Crippen LogP contribution in [0.15, 0.2) is 12.7 Å². The molecule has 0 aromatic heterocycles.